The van der Waals surface area contributed by atoms with Crippen molar-refractivity contribution in [1.29, 1.82) is 0 Å². The third-order valence-corrected chi connectivity index (χ3v) is 13.4. The molecular weight excluding hydrogens is 764 g/mol. The summed E-state index contributed by atoms with van der Waals surface area (Å²) in [5.41, 5.74) is 5.00. The predicted octanol–water partition coefficient (Wildman–Crippen LogP) is 5.04. The summed E-state index contributed by atoms with van der Waals surface area (Å²) in [7, 11) is -2.02. The maximum absolute atomic E-state index is 16.5. The first-order valence-corrected chi connectivity index (χ1v) is 21.3. The number of halogens is 1. The van der Waals surface area contributed by atoms with Crippen LogP contribution in [0.2, 0.25) is 0 Å². The Labute approximate surface area is 335 Å². The first-order chi connectivity index (χ1) is 28.1. The second-order valence-electron chi connectivity index (χ2n) is 15.6. The molecule has 3 atom stereocenters. The van der Waals surface area contributed by atoms with E-state index in [1.807, 2.05) is 36.4 Å². The number of aliphatic hydroxyl groups is 1. The van der Waals surface area contributed by atoms with Gasteiger partial charge in [0.05, 0.1) is 42.0 Å². The number of likely N-dealkylation sites (tertiary alicyclic amines) is 2. The van der Waals surface area contributed by atoms with Gasteiger partial charge in [-0.2, -0.15) is 4.98 Å². The molecule has 0 radical (unpaired) electrons. The molecular formula is C42H45FN8O6S. The van der Waals surface area contributed by atoms with Gasteiger partial charge in [0.1, 0.15) is 17.6 Å². The first-order valence-electron chi connectivity index (χ1n) is 19.8. The fourth-order valence-corrected chi connectivity index (χ4v) is 9.75. The fourth-order valence-electron chi connectivity index (χ4n) is 8.38. The van der Waals surface area contributed by atoms with Gasteiger partial charge in [-0.3, -0.25) is 24.3 Å². The Hall–Kier alpha value is -5.29. The molecule has 16 heteroatoms. The lowest BCUT2D eigenvalue weighted by Crippen LogP contribution is -2.38. The number of β-amino-alcohol motifs (C(OH)–C–C–N with tert-alkyl or cyclic N) is 1. The van der Waals surface area contributed by atoms with Crippen molar-refractivity contribution in [2.24, 2.45) is 5.92 Å². The smallest absolute Gasteiger partial charge is 0.240 e. The van der Waals surface area contributed by atoms with E-state index in [0.717, 1.165) is 46.1 Å². The number of amides is 1. The quantitative estimate of drug-likeness (QED) is 0.145. The largest absolute Gasteiger partial charge is 0.480 e. The highest BCUT2D eigenvalue weighted by atomic mass is 32.2. The van der Waals surface area contributed by atoms with Gasteiger partial charge in [0.2, 0.25) is 27.7 Å². The van der Waals surface area contributed by atoms with Gasteiger partial charge in [0, 0.05) is 56.1 Å². The lowest BCUT2D eigenvalue weighted by atomic mass is 9.96. The summed E-state index contributed by atoms with van der Waals surface area (Å²) in [4.78, 5) is 35.3. The second-order valence-corrected chi connectivity index (χ2v) is 17.6. The summed E-state index contributed by atoms with van der Waals surface area (Å²) in [5, 5.41) is 14.3. The first kappa shape index (κ1) is 38.2. The number of hydrogen-bond acceptors (Lipinski definition) is 13. The van der Waals surface area contributed by atoms with Gasteiger partial charge in [-0.1, -0.05) is 30.3 Å². The highest BCUT2D eigenvalue weighted by molar-refractivity contribution is 7.90. The van der Waals surface area contributed by atoms with Crippen LogP contribution in [0, 0.1) is 11.7 Å². The van der Waals surface area contributed by atoms with E-state index < -0.39 is 32.9 Å². The van der Waals surface area contributed by atoms with Crippen LogP contribution in [0.5, 0.6) is 11.8 Å². The SMILES string of the molecule is COc1nc(O[C@@H]2CCc3c(-c4cccc(Nc5nccc6cc(CN7CCC(C(=O)NS(=O)(=O)C8CC8)C7)ncc56)c4F)cccc32)cnc1CN1CC[C@@H](O)C1. The summed E-state index contributed by atoms with van der Waals surface area (Å²) in [5.74, 6) is -0.0268. The zero-order valence-corrected chi connectivity index (χ0v) is 32.9. The van der Waals surface area contributed by atoms with Crippen LogP contribution in [0.25, 0.3) is 21.9 Å². The molecule has 58 heavy (non-hydrogen) atoms. The van der Waals surface area contributed by atoms with E-state index in [4.69, 9.17) is 9.47 Å². The molecule has 2 aliphatic heterocycles. The number of nitrogens with zero attached hydrogens (tertiary/aromatic N) is 6. The summed E-state index contributed by atoms with van der Waals surface area (Å²) in [6, 6.07) is 15.0. The van der Waals surface area contributed by atoms with Crippen LogP contribution in [-0.2, 0) is 34.3 Å². The Kier molecular flexibility index (Phi) is 10.4. The number of methoxy groups -OCH3 is 1. The number of pyridine rings is 2. The Morgan fingerprint density at radius 3 is 2.57 bits per heavy atom. The van der Waals surface area contributed by atoms with Crippen LogP contribution < -0.4 is 19.5 Å². The fraction of sp³-hybridized carbons (Fsp3) is 0.405. The van der Waals surface area contributed by atoms with Crippen LogP contribution >= 0.6 is 0 Å². The number of fused-ring (bicyclic) bond motifs is 2. The number of hydrogen-bond donors (Lipinski definition) is 3. The number of ether oxygens (including phenoxy) is 2. The number of aromatic nitrogens is 4. The minimum Gasteiger partial charge on any atom is -0.480 e. The summed E-state index contributed by atoms with van der Waals surface area (Å²) in [6.07, 6.45) is 8.28. The van der Waals surface area contributed by atoms with Crippen LogP contribution in [0.4, 0.5) is 15.9 Å². The number of anilines is 2. The number of carbonyl (C=O) groups excluding carboxylic acids is 1. The van der Waals surface area contributed by atoms with Gasteiger partial charge in [-0.25, -0.2) is 22.8 Å². The highest BCUT2D eigenvalue weighted by Crippen LogP contribution is 2.42. The number of carbonyl (C=O) groups is 1. The van der Waals surface area contributed by atoms with E-state index in [1.165, 1.54) is 0 Å². The molecule has 5 aromatic rings. The molecule has 9 rings (SSSR count). The molecule has 1 unspecified atom stereocenters. The highest BCUT2D eigenvalue weighted by Gasteiger charge is 2.39. The van der Waals surface area contributed by atoms with E-state index >= 15 is 4.39 Å². The molecule has 2 saturated heterocycles. The average molecular weight is 809 g/mol. The molecule has 1 amide bonds. The normalized spacial score (nSPS) is 21.0. The number of aliphatic hydroxyl groups excluding tert-OH is 1. The molecule has 3 fully saturated rings. The molecule has 302 valence electrons. The van der Waals surface area contributed by atoms with Crippen LogP contribution in [-0.4, -0.2) is 93.8 Å². The van der Waals surface area contributed by atoms with E-state index in [-0.39, 0.29) is 17.9 Å². The van der Waals surface area contributed by atoms with E-state index in [9.17, 15) is 18.3 Å². The third-order valence-electron chi connectivity index (χ3n) is 11.6. The monoisotopic (exact) mass is 808 g/mol. The Morgan fingerprint density at radius 1 is 0.948 bits per heavy atom. The van der Waals surface area contributed by atoms with Gasteiger partial charge < -0.3 is 19.9 Å². The molecule has 4 aliphatic rings. The Morgan fingerprint density at radius 2 is 1.76 bits per heavy atom. The molecule has 0 spiro atoms. The molecule has 14 nitrogen and oxygen atoms in total. The van der Waals surface area contributed by atoms with Crippen molar-refractivity contribution in [3.05, 3.63) is 95.5 Å². The lowest BCUT2D eigenvalue weighted by molar-refractivity contribution is -0.122. The Bertz CT molecular complexity index is 2490. The Balaban J connectivity index is 0.880. The zero-order chi connectivity index (χ0) is 40.0. The minimum absolute atomic E-state index is 0.279. The van der Waals surface area contributed by atoms with Crippen molar-refractivity contribution in [1.82, 2.24) is 34.5 Å². The van der Waals surface area contributed by atoms with Crippen molar-refractivity contribution in [2.45, 2.75) is 69.1 Å². The van der Waals surface area contributed by atoms with Crippen LogP contribution in [0.15, 0.2) is 67.1 Å². The second kappa shape index (κ2) is 15.8. The summed E-state index contributed by atoms with van der Waals surface area (Å²) >= 11 is 0. The third kappa shape index (κ3) is 7.93. The summed E-state index contributed by atoms with van der Waals surface area (Å²) < 4.78 is 55.2. The van der Waals surface area contributed by atoms with Gasteiger partial charge in [-0.05, 0) is 85.3 Å². The van der Waals surface area contributed by atoms with E-state index in [2.05, 4.69) is 39.8 Å². The maximum atomic E-state index is 16.5. The topological polar surface area (TPSA) is 172 Å². The van der Waals surface area contributed by atoms with Crippen LogP contribution in [0.3, 0.4) is 0 Å². The van der Waals surface area contributed by atoms with E-state index in [1.54, 1.807) is 37.8 Å². The molecule has 2 aromatic carbocycles. The van der Waals surface area contributed by atoms with Crippen molar-refractivity contribution in [3.63, 3.8) is 0 Å². The molecule has 2 aliphatic carbocycles. The number of nitrogens with one attached hydrogen (secondary N) is 2. The standard InChI is InChI=1S/C42H45FN8O6S/c1-56-42-36(24-51-17-14-28(52)23-51)46-20-38(48-42)57-37-11-10-31-30(4-2-5-32(31)37)33-6-3-7-35(39(33)43)47-40-34-19-45-27(18-25(34)12-15-44-40)22-50-16-13-26(21-50)41(53)49-58(54,55)29-8-9-29/h2-7,12,15,18-20,26,28-29,37,52H,8-11,13-14,16-17,21-24H2,1H3,(H,44,47)(H,49,53)/t26?,28-,37-/m1/s1. The van der Waals surface area contributed by atoms with Crippen molar-refractivity contribution in [2.75, 3.05) is 38.6 Å². The van der Waals surface area contributed by atoms with Crippen molar-refractivity contribution in [3.8, 4) is 22.9 Å². The molecule has 3 aromatic heterocycles. The molecule has 1 saturated carbocycles. The predicted molar refractivity (Wildman–Crippen MR) is 214 cm³/mol. The number of rotatable bonds is 13. The lowest BCUT2D eigenvalue weighted by Gasteiger charge is -2.18. The molecule has 5 heterocycles. The molecule has 3 N–H and O–H groups in total. The van der Waals surface area contributed by atoms with Gasteiger partial charge in [-0.15, -0.1) is 0 Å². The van der Waals surface area contributed by atoms with E-state index in [0.29, 0.717) is 93.7 Å². The maximum Gasteiger partial charge on any atom is 0.240 e. The number of benzene rings is 2. The minimum atomic E-state index is -3.57. The van der Waals surface area contributed by atoms with Crippen molar-refractivity contribution < 1.29 is 32.2 Å². The van der Waals surface area contributed by atoms with Gasteiger partial charge >= 0.3 is 0 Å². The average Bonchev–Trinajstić information content (AvgIpc) is 3.67. The van der Waals surface area contributed by atoms with Crippen LogP contribution in [0.1, 0.15) is 60.7 Å². The molecule has 0 bridgehead atoms. The van der Waals surface area contributed by atoms with Gasteiger partial charge in [0.15, 0.2) is 5.82 Å². The van der Waals surface area contributed by atoms with Crippen molar-refractivity contribution >= 4 is 38.2 Å². The zero-order valence-electron chi connectivity index (χ0n) is 32.1. The number of sulfonamides is 1. The van der Waals surface area contributed by atoms with Gasteiger partial charge in [0.25, 0.3) is 0 Å². The summed E-state index contributed by atoms with van der Waals surface area (Å²) in [6.45, 7) is 3.52.